The maximum Gasteiger partial charge on any atom is 0.224 e. The van der Waals surface area contributed by atoms with Crippen LogP contribution in [0.4, 0.5) is 0 Å². The van der Waals surface area contributed by atoms with Crippen LogP contribution in [-0.2, 0) is 20.7 Å². The Morgan fingerprint density at radius 1 is 1.10 bits per heavy atom. The number of hydrogen-bond acceptors (Lipinski definition) is 4. The van der Waals surface area contributed by atoms with E-state index < -0.39 is 5.41 Å². The van der Waals surface area contributed by atoms with Gasteiger partial charge in [0, 0.05) is 45.2 Å². The third-order valence-electron chi connectivity index (χ3n) is 7.88. The van der Waals surface area contributed by atoms with Gasteiger partial charge in [0.25, 0.3) is 0 Å². The van der Waals surface area contributed by atoms with Crippen molar-refractivity contribution >= 4 is 11.8 Å². The molecular weight excluding hydrogens is 390 g/mol. The molecule has 6 nitrogen and oxygen atoms in total. The van der Waals surface area contributed by atoms with Crippen molar-refractivity contribution < 1.29 is 14.3 Å². The third kappa shape index (κ3) is 4.96. The second kappa shape index (κ2) is 9.70. The fraction of sp³-hybridized carbons (Fsp3) is 0.680. The maximum atomic E-state index is 12.7. The normalized spacial score (nSPS) is 25.3. The van der Waals surface area contributed by atoms with E-state index in [1.54, 1.807) is 6.92 Å². The third-order valence-corrected chi connectivity index (χ3v) is 7.88. The van der Waals surface area contributed by atoms with Crippen molar-refractivity contribution in [1.82, 2.24) is 9.80 Å². The molecule has 2 amide bonds. The molecule has 2 N–H and O–H groups in total. The summed E-state index contributed by atoms with van der Waals surface area (Å²) in [6.07, 6.45) is 6.62. The molecule has 1 aromatic rings. The van der Waals surface area contributed by atoms with Crippen LogP contribution in [0.1, 0.15) is 62.5 Å². The first-order valence-electron chi connectivity index (χ1n) is 11.9. The number of amides is 2. The summed E-state index contributed by atoms with van der Waals surface area (Å²) in [5.41, 5.74) is 8.08. The van der Waals surface area contributed by atoms with Crippen molar-refractivity contribution in [2.75, 3.05) is 39.4 Å². The predicted octanol–water partition coefficient (Wildman–Crippen LogP) is 2.70. The summed E-state index contributed by atoms with van der Waals surface area (Å²) >= 11 is 0. The van der Waals surface area contributed by atoms with Crippen molar-refractivity contribution in [1.29, 1.82) is 0 Å². The summed E-state index contributed by atoms with van der Waals surface area (Å²) in [4.78, 5) is 29.2. The molecule has 0 spiro atoms. The Bertz CT molecular complexity index is 782. The number of nitrogens with two attached hydrogens (primary N) is 1. The highest BCUT2D eigenvalue weighted by molar-refractivity contribution is 5.81. The lowest BCUT2D eigenvalue weighted by Gasteiger charge is -2.44. The van der Waals surface area contributed by atoms with E-state index in [9.17, 15) is 9.59 Å². The fourth-order valence-electron chi connectivity index (χ4n) is 5.85. The Hall–Kier alpha value is -1.92. The van der Waals surface area contributed by atoms with E-state index in [0.29, 0.717) is 18.4 Å². The summed E-state index contributed by atoms with van der Waals surface area (Å²) in [5, 5.41) is 0. The largest absolute Gasteiger partial charge is 0.381 e. The summed E-state index contributed by atoms with van der Waals surface area (Å²) < 4.78 is 5.52. The zero-order valence-electron chi connectivity index (χ0n) is 18.9. The second-order valence-electron chi connectivity index (χ2n) is 9.70. The molecule has 3 heterocycles. The van der Waals surface area contributed by atoms with Crippen LogP contribution in [0.15, 0.2) is 24.3 Å². The smallest absolute Gasteiger partial charge is 0.224 e. The molecule has 0 bridgehead atoms. The highest BCUT2D eigenvalue weighted by Crippen LogP contribution is 2.39. The van der Waals surface area contributed by atoms with Gasteiger partial charge in [-0.25, -0.2) is 0 Å². The van der Waals surface area contributed by atoms with Crippen molar-refractivity contribution in [3.05, 3.63) is 35.4 Å². The lowest BCUT2D eigenvalue weighted by molar-refractivity contribution is -0.131. The molecule has 1 atom stereocenters. The number of nitrogens with zero attached hydrogens (tertiary/aromatic N) is 2. The number of carbonyl (C=O) groups is 2. The van der Waals surface area contributed by atoms with Gasteiger partial charge in [-0.05, 0) is 69.2 Å². The van der Waals surface area contributed by atoms with E-state index >= 15 is 0 Å². The average Bonchev–Trinajstić information content (AvgIpc) is 2.80. The van der Waals surface area contributed by atoms with Crippen LogP contribution in [0.2, 0.25) is 0 Å². The van der Waals surface area contributed by atoms with Crippen LogP contribution in [-0.4, -0.2) is 67.0 Å². The zero-order chi connectivity index (χ0) is 21.8. The molecule has 31 heavy (non-hydrogen) atoms. The number of rotatable bonds is 5. The van der Waals surface area contributed by atoms with Gasteiger partial charge < -0.3 is 20.3 Å². The van der Waals surface area contributed by atoms with E-state index in [0.717, 1.165) is 77.9 Å². The molecule has 1 aromatic carbocycles. The molecule has 3 fully saturated rings. The van der Waals surface area contributed by atoms with Gasteiger partial charge in [0.1, 0.15) is 0 Å². The molecule has 0 radical (unpaired) electrons. The second-order valence-corrected chi connectivity index (χ2v) is 9.70. The molecular formula is C25H37N3O3. The van der Waals surface area contributed by atoms with E-state index in [1.807, 2.05) is 4.90 Å². The summed E-state index contributed by atoms with van der Waals surface area (Å²) in [6, 6.07) is 9.08. The van der Waals surface area contributed by atoms with Crippen LogP contribution in [0, 0.1) is 5.41 Å². The van der Waals surface area contributed by atoms with E-state index in [4.69, 9.17) is 10.5 Å². The Kier molecular flexibility index (Phi) is 6.97. The van der Waals surface area contributed by atoms with Gasteiger partial charge in [0.05, 0.1) is 5.41 Å². The van der Waals surface area contributed by atoms with Crippen molar-refractivity contribution in [3.63, 3.8) is 0 Å². The van der Waals surface area contributed by atoms with Crippen molar-refractivity contribution in [2.24, 2.45) is 11.1 Å². The van der Waals surface area contributed by atoms with Crippen LogP contribution < -0.4 is 5.73 Å². The van der Waals surface area contributed by atoms with Gasteiger partial charge in [-0.3, -0.25) is 9.59 Å². The highest BCUT2D eigenvalue weighted by atomic mass is 16.5. The average molecular weight is 428 g/mol. The summed E-state index contributed by atoms with van der Waals surface area (Å²) in [7, 11) is 0. The van der Waals surface area contributed by atoms with Gasteiger partial charge in [-0.2, -0.15) is 0 Å². The number of ether oxygens (including phenoxy) is 1. The fourth-order valence-corrected chi connectivity index (χ4v) is 5.85. The highest BCUT2D eigenvalue weighted by Gasteiger charge is 2.42. The maximum absolute atomic E-state index is 12.7. The molecule has 0 unspecified atom stereocenters. The van der Waals surface area contributed by atoms with Crippen LogP contribution in [0.25, 0.3) is 0 Å². The van der Waals surface area contributed by atoms with Gasteiger partial charge in [-0.15, -0.1) is 0 Å². The van der Waals surface area contributed by atoms with Gasteiger partial charge >= 0.3 is 0 Å². The molecule has 170 valence electrons. The first-order valence-corrected chi connectivity index (χ1v) is 11.9. The van der Waals surface area contributed by atoms with Crippen molar-refractivity contribution in [3.8, 4) is 0 Å². The van der Waals surface area contributed by atoms with Crippen LogP contribution in [0.5, 0.6) is 0 Å². The van der Waals surface area contributed by atoms with E-state index in [1.165, 1.54) is 11.1 Å². The minimum Gasteiger partial charge on any atom is -0.381 e. The number of benzene rings is 1. The SMILES string of the molecule is CC(=O)N1CCC[C@H](c2ccccc2CC2(C(N)=O)CCN(C3CCOCC3)CC2)C1. The number of piperidine rings is 2. The first kappa shape index (κ1) is 22.3. The van der Waals surface area contributed by atoms with E-state index in [-0.39, 0.29) is 11.8 Å². The molecule has 0 aliphatic carbocycles. The summed E-state index contributed by atoms with van der Waals surface area (Å²) in [5.74, 6) is 0.320. The van der Waals surface area contributed by atoms with Crippen molar-refractivity contribution in [2.45, 2.75) is 63.8 Å². The molecule has 4 rings (SSSR count). The molecule has 6 heteroatoms. The topological polar surface area (TPSA) is 75.9 Å². The number of hydrogen-bond donors (Lipinski definition) is 1. The van der Waals surface area contributed by atoms with Crippen LogP contribution >= 0.6 is 0 Å². The number of carbonyl (C=O) groups excluding carboxylic acids is 2. The molecule has 3 aliphatic heterocycles. The van der Waals surface area contributed by atoms with Gasteiger partial charge in [0.15, 0.2) is 0 Å². The number of likely N-dealkylation sites (tertiary alicyclic amines) is 2. The zero-order valence-corrected chi connectivity index (χ0v) is 18.9. The van der Waals surface area contributed by atoms with Gasteiger partial charge in [-0.1, -0.05) is 24.3 Å². The van der Waals surface area contributed by atoms with Gasteiger partial charge in [0.2, 0.25) is 11.8 Å². The molecule has 0 aromatic heterocycles. The van der Waals surface area contributed by atoms with E-state index in [2.05, 4.69) is 29.2 Å². The number of primary amides is 1. The Morgan fingerprint density at radius 2 is 1.81 bits per heavy atom. The molecule has 3 aliphatic rings. The Morgan fingerprint density at radius 3 is 2.48 bits per heavy atom. The van der Waals surface area contributed by atoms with Crippen LogP contribution in [0.3, 0.4) is 0 Å². The minimum absolute atomic E-state index is 0.149. The summed E-state index contributed by atoms with van der Waals surface area (Å²) in [6.45, 7) is 6.81. The molecule has 0 saturated carbocycles. The Labute approximate surface area is 186 Å². The quantitative estimate of drug-likeness (QED) is 0.784. The molecule has 3 saturated heterocycles. The minimum atomic E-state index is -0.479. The Balaban J connectivity index is 1.49. The lowest BCUT2D eigenvalue weighted by atomic mass is 9.71. The first-order chi connectivity index (χ1) is 15.0. The predicted molar refractivity (Wildman–Crippen MR) is 121 cm³/mol. The lowest BCUT2D eigenvalue weighted by Crippen LogP contribution is -2.52. The standard InChI is InChI=1S/C25H37N3O3/c1-19(29)28-12-4-6-21(18-28)23-7-3-2-5-20(23)17-25(24(26)30)10-13-27(14-11-25)22-8-15-31-16-9-22/h2-3,5,7,21-22H,4,6,8-18H2,1H3,(H2,26,30)/t21-/m0/s1. The monoisotopic (exact) mass is 427 g/mol.